The molecule has 31 heavy (non-hydrogen) atoms. The molecule has 1 aliphatic rings. The van der Waals surface area contributed by atoms with Crippen molar-refractivity contribution >= 4 is 23.1 Å². The number of rotatable bonds is 7. The molecule has 0 unspecified atom stereocenters. The van der Waals surface area contributed by atoms with Crippen LogP contribution in [-0.4, -0.2) is 52.1 Å². The number of hydrogen-bond donors (Lipinski definition) is 1. The third kappa shape index (κ3) is 4.84. The molecule has 3 heterocycles. The van der Waals surface area contributed by atoms with E-state index in [2.05, 4.69) is 56.4 Å². The van der Waals surface area contributed by atoms with E-state index in [0.717, 1.165) is 50.5 Å². The van der Waals surface area contributed by atoms with Gasteiger partial charge in [-0.05, 0) is 69.2 Å². The van der Waals surface area contributed by atoms with Crippen LogP contribution in [-0.2, 0) is 4.79 Å². The Morgan fingerprint density at radius 3 is 2.29 bits per heavy atom. The molecule has 0 aliphatic carbocycles. The molecule has 1 amide bonds. The number of carbonyl (C=O) groups excluding carboxylic acids is 1. The maximum Gasteiger partial charge on any atom is 0.227 e. The van der Waals surface area contributed by atoms with E-state index in [0.29, 0.717) is 5.82 Å². The predicted octanol–water partition coefficient (Wildman–Crippen LogP) is 3.36. The quantitative estimate of drug-likeness (QED) is 0.633. The van der Waals surface area contributed by atoms with Gasteiger partial charge in [-0.2, -0.15) is 5.10 Å². The zero-order valence-electron chi connectivity index (χ0n) is 18.1. The largest absolute Gasteiger partial charge is 0.372 e. The van der Waals surface area contributed by atoms with Crippen LogP contribution in [0.1, 0.15) is 26.7 Å². The lowest BCUT2D eigenvalue weighted by molar-refractivity contribution is -0.120. The topological polar surface area (TPSA) is 79.2 Å². The van der Waals surface area contributed by atoms with Crippen molar-refractivity contribution in [3.05, 3.63) is 54.9 Å². The van der Waals surface area contributed by atoms with Crippen molar-refractivity contribution in [1.29, 1.82) is 0 Å². The highest BCUT2D eigenvalue weighted by Crippen LogP contribution is 2.24. The normalized spacial score (nSPS) is 14.5. The van der Waals surface area contributed by atoms with Gasteiger partial charge in [-0.25, -0.2) is 4.68 Å². The number of nitrogens with zero attached hydrogens (tertiary/aromatic N) is 6. The second-order valence-electron chi connectivity index (χ2n) is 7.67. The lowest BCUT2D eigenvalue weighted by Crippen LogP contribution is -2.38. The molecule has 1 N–H and O–H groups in total. The van der Waals surface area contributed by atoms with E-state index in [4.69, 9.17) is 0 Å². The molecule has 0 bridgehead atoms. The molecule has 8 nitrogen and oxygen atoms in total. The number of piperidine rings is 1. The van der Waals surface area contributed by atoms with Gasteiger partial charge in [0.1, 0.15) is 0 Å². The van der Waals surface area contributed by atoms with Gasteiger partial charge < -0.3 is 15.1 Å². The Kier molecular flexibility index (Phi) is 6.45. The molecule has 8 heteroatoms. The van der Waals surface area contributed by atoms with Crippen LogP contribution in [0.15, 0.2) is 54.9 Å². The average molecular weight is 420 g/mol. The highest BCUT2D eigenvalue weighted by atomic mass is 16.1. The van der Waals surface area contributed by atoms with Gasteiger partial charge in [0, 0.05) is 55.9 Å². The van der Waals surface area contributed by atoms with Gasteiger partial charge in [0.05, 0.1) is 0 Å². The minimum absolute atomic E-state index is 0.00927. The van der Waals surface area contributed by atoms with Crippen LogP contribution in [0.5, 0.6) is 0 Å². The molecule has 0 atom stereocenters. The smallest absolute Gasteiger partial charge is 0.227 e. The third-order valence-electron chi connectivity index (χ3n) is 5.83. The fraction of sp³-hybridized carbons (Fsp3) is 0.391. The van der Waals surface area contributed by atoms with E-state index in [1.807, 2.05) is 36.5 Å². The minimum Gasteiger partial charge on any atom is -0.372 e. The van der Waals surface area contributed by atoms with E-state index < -0.39 is 0 Å². The predicted molar refractivity (Wildman–Crippen MR) is 123 cm³/mol. The molecular formula is C23H29N7O. The molecule has 2 aromatic heterocycles. The summed E-state index contributed by atoms with van der Waals surface area (Å²) in [7, 11) is 0. The van der Waals surface area contributed by atoms with Crippen LogP contribution in [0.25, 0.3) is 5.82 Å². The number of anilines is 3. The van der Waals surface area contributed by atoms with Gasteiger partial charge in [0.25, 0.3) is 0 Å². The Morgan fingerprint density at radius 1 is 1.03 bits per heavy atom. The van der Waals surface area contributed by atoms with Crippen molar-refractivity contribution in [2.24, 2.45) is 5.92 Å². The average Bonchev–Trinajstić information content (AvgIpc) is 3.36. The monoisotopic (exact) mass is 419 g/mol. The van der Waals surface area contributed by atoms with Crippen LogP contribution in [0.2, 0.25) is 0 Å². The highest BCUT2D eigenvalue weighted by Gasteiger charge is 2.26. The number of amides is 1. The Bertz CT molecular complexity index is 958. The summed E-state index contributed by atoms with van der Waals surface area (Å²) in [6, 6.07) is 13.8. The Morgan fingerprint density at radius 2 is 1.71 bits per heavy atom. The molecule has 0 saturated carbocycles. The molecule has 0 radical (unpaired) electrons. The lowest BCUT2D eigenvalue weighted by Gasteiger charge is -2.31. The molecule has 1 aliphatic heterocycles. The summed E-state index contributed by atoms with van der Waals surface area (Å²) in [6.07, 6.45) is 5.15. The van der Waals surface area contributed by atoms with Crippen molar-refractivity contribution in [3.8, 4) is 5.82 Å². The number of benzene rings is 1. The minimum atomic E-state index is 0.00927. The summed E-state index contributed by atoms with van der Waals surface area (Å²) in [5, 5.41) is 15.9. The summed E-state index contributed by atoms with van der Waals surface area (Å²) in [5.41, 5.74) is 2.03. The fourth-order valence-electron chi connectivity index (χ4n) is 3.97. The van der Waals surface area contributed by atoms with Crippen molar-refractivity contribution in [3.63, 3.8) is 0 Å². The van der Waals surface area contributed by atoms with E-state index in [-0.39, 0.29) is 11.8 Å². The van der Waals surface area contributed by atoms with Gasteiger partial charge in [-0.1, -0.05) is 0 Å². The van der Waals surface area contributed by atoms with Crippen LogP contribution < -0.4 is 15.1 Å². The number of nitrogens with one attached hydrogen (secondary N) is 1. The van der Waals surface area contributed by atoms with Crippen LogP contribution in [0, 0.1) is 5.92 Å². The highest BCUT2D eigenvalue weighted by molar-refractivity contribution is 5.92. The SMILES string of the molecule is CCN(CC)c1ccc(NC(=O)C2CCN(c3ccc(-n4cccn4)nn3)CC2)cc1. The van der Waals surface area contributed by atoms with E-state index in [1.165, 1.54) is 5.69 Å². The van der Waals surface area contributed by atoms with Crippen LogP contribution >= 0.6 is 0 Å². The summed E-state index contributed by atoms with van der Waals surface area (Å²) in [6.45, 7) is 7.80. The second kappa shape index (κ2) is 9.59. The fourth-order valence-corrected chi connectivity index (χ4v) is 3.97. The molecule has 3 aromatic rings. The third-order valence-corrected chi connectivity index (χ3v) is 5.83. The number of carbonyl (C=O) groups is 1. The number of hydrogen-bond acceptors (Lipinski definition) is 6. The Balaban J connectivity index is 1.30. The van der Waals surface area contributed by atoms with Crippen LogP contribution in [0.3, 0.4) is 0 Å². The molecular weight excluding hydrogens is 390 g/mol. The van der Waals surface area contributed by atoms with Gasteiger partial charge in [0.15, 0.2) is 11.6 Å². The van der Waals surface area contributed by atoms with Crippen LogP contribution in [0.4, 0.5) is 17.2 Å². The first kappa shape index (κ1) is 20.8. The second-order valence-corrected chi connectivity index (χ2v) is 7.67. The Hall–Kier alpha value is -3.42. The first-order chi connectivity index (χ1) is 15.2. The maximum atomic E-state index is 12.7. The van der Waals surface area contributed by atoms with Gasteiger partial charge in [-0.3, -0.25) is 4.79 Å². The molecule has 4 rings (SSSR count). The van der Waals surface area contributed by atoms with Crippen molar-refractivity contribution < 1.29 is 4.79 Å². The number of aromatic nitrogens is 4. The van der Waals surface area contributed by atoms with Gasteiger partial charge in [0.2, 0.25) is 5.91 Å². The van der Waals surface area contributed by atoms with E-state index >= 15 is 0 Å². The zero-order chi connectivity index (χ0) is 21.6. The van der Waals surface area contributed by atoms with Crippen molar-refractivity contribution in [2.75, 3.05) is 41.3 Å². The first-order valence-corrected chi connectivity index (χ1v) is 10.9. The molecule has 0 spiro atoms. The van der Waals surface area contributed by atoms with E-state index in [9.17, 15) is 4.79 Å². The lowest BCUT2D eigenvalue weighted by atomic mass is 9.96. The summed E-state index contributed by atoms with van der Waals surface area (Å²) in [4.78, 5) is 17.2. The van der Waals surface area contributed by atoms with Crippen molar-refractivity contribution in [2.45, 2.75) is 26.7 Å². The zero-order valence-corrected chi connectivity index (χ0v) is 18.1. The molecule has 1 fully saturated rings. The molecule has 1 aromatic carbocycles. The Labute approximate surface area is 182 Å². The summed E-state index contributed by atoms with van der Waals surface area (Å²) in [5.74, 6) is 1.63. The van der Waals surface area contributed by atoms with Gasteiger partial charge in [-0.15, -0.1) is 10.2 Å². The van der Waals surface area contributed by atoms with E-state index in [1.54, 1.807) is 10.9 Å². The summed E-state index contributed by atoms with van der Waals surface area (Å²) >= 11 is 0. The standard InChI is InChI=1S/C23H29N7O/c1-3-28(4-2)20-8-6-19(7-9-20)25-23(31)18-12-16-29(17-13-18)21-10-11-22(27-26-21)30-15-5-14-24-30/h5-11,14-15,18H,3-4,12-13,16-17H2,1-2H3,(H,25,31). The maximum absolute atomic E-state index is 12.7. The van der Waals surface area contributed by atoms with Crippen molar-refractivity contribution in [1.82, 2.24) is 20.0 Å². The molecule has 1 saturated heterocycles. The molecule has 162 valence electrons. The summed E-state index contributed by atoms with van der Waals surface area (Å²) < 4.78 is 1.68. The van der Waals surface area contributed by atoms with Gasteiger partial charge >= 0.3 is 0 Å². The first-order valence-electron chi connectivity index (χ1n) is 10.9.